The average Bonchev–Trinajstić information content (AvgIpc) is 3.23. The molecule has 2 aromatic carbocycles. The number of ether oxygens (including phenoxy) is 1. The highest BCUT2D eigenvalue weighted by atomic mass is 32.1. The number of carbonyl (C=O) groups is 2. The van der Waals surface area contributed by atoms with E-state index in [4.69, 9.17) is 9.72 Å². The summed E-state index contributed by atoms with van der Waals surface area (Å²) in [6.07, 6.45) is 0. The van der Waals surface area contributed by atoms with Crippen molar-refractivity contribution in [1.82, 2.24) is 9.88 Å². The van der Waals surface area contributed by atoms with Gasteiger partial charge in [-0.15, -0.1) is 0 Å². The van der Waals surface area contributed by atoms with Gasteiger partial charge in [-0.3, -0.25) is 14.5 Å². The standard InChI is InChI=1S/C24H29N3O3S/c1-6-26(7-2)14-15-27(23(29)19-11-9-18(10-12-19)17(4)28)24-25-21-20(30-5)13-8-16(3)22(21)31-24/h8-13H,6-7,14-15H2,1-5H3. The predicted octanol–water partition coefficient (Wildman–Crippen LogP) is 4.80. The Morgan fingerprint density at radius 2 is 1.65 bits per heavy atom. The second-order valence-corrected chi connectivity index (χ2v) is 8.35. The van der Waals surface area contributed by atoms with Crippen LogP contribution in [0.5, 0.6) is 5.75 Å². The van der Waals surface area contributed by atoms with Gasteiger partial charge in [-0.25, -0.2) is 4.98 Å². The molecule has 0 radical (unpaired) electrons. The van der Waals surface area contributed by atoms with Crippen LogP contribution in [0, 0.1) is 6.92 Å². The molecule has 0 atom stereocenters. The van der Waals surface area contributed by atoms with Crippen molar-refractivity contribution in [3.63, 3.8) is 0 Å². The summed E-state index contributed by atoms with van der Waals surface area (Å²) in [7, 11) is 1.63. The van der Waals surface area contributed by atoms with E-state index < -0.39 is 0 Å². The fourth-order valence-electron chi connectivity index (χ4n) is 3.45. The van der Waals surface area contributed by atoms with E-state index >= 15 is 0 Å². The number of benzene rings is 2. The van der Waals surface area contributed by atoms with Crippen LogP contribution in [0.4, 0.5) is 5.13 Å². The van der Waals surface area contributed by atoms with Crippen molar-refractivity contribution < 1.29 is 14.3 Å². The van der Waals surface area contributed by atoms with Gasteiger partial charge in [0, 0.05) is 24.2 Å². The van der Waals surface area contributed by atoms with Gasteiger partial charge >= 0.3 is 0 Å². The third-order valence-corrected chi connectivity index (χ3v) is 6.67. The molecule has 3 aromatic rings. The molecule has 6 nitrogen and oxygen atoms in total. The fourth-order valence-corrected chi connectivity index (χ4v) is 4.52. The average molecular weight is 440 g/mol. The Kier molecular flexibility index (Phi) is 7.41. The van der Waals surface area contributed by atoms with Crippen molar-refractivity contribution >= 4 is 38.4 Å². The smallest absolute Gasteiger partial charge is 0.260 e. The van der Waals surface area contributed by atoms with Gasteiger partial charge in [0.05, 0.1) is 11.8 Å². The summed E-state index contributed by atoms with van der Waals surface area (Å²) in [5, 5.41) is 0.649. The van der Waals surface area contributed by atoms with Crippen LogP contribution >= 0.6 is 11.3 Å². The Labute approximate surface area is 187 Å². The number of carbonyl (C=O) groups excluding carboxylic acids is 2. The summed E-state index contributed by atoms with van der Waals surface area (Å²) < 4.78 is 6.51. The lowest BCUT2D eigenvalue weighted by Crippen LogP contribution is -2.38. The molecule has 31 heavy (non-hydrogen) atoms. The lowest BCUT2D eigenvalue weighted by molar-refractivity contribution is 0.0980. The summed E-state index contributed by atoms with van der Waals surface area (Å²) in [6, 6.07) is 10.7. The molecular formula is C24H29N3O3S. The molecule has 0 aliphatic heterocycles. The maximum Gasteiger partial charge on any atom is 0.260 e. The Hall–Kier alpha value is -2.77. The summed E-state index contributed by atoms with van der Waals surface area (Å²) in [4.78, 5) is 33.9. The maximum absolute atomic E-state index is 13.5. The third kappa shape index (κ3) is 4.94. The van der Waals surface area contributed by atoms with Gasteiger partial charge < -0.3 is 9.64 Å². The second-order valence-electron chi connectivity index (χ2n) is 7.38. The van der Waals surface area contributed by atoms with Crippen molar-refractivity contribution in [2.45, 2.75) is 27.7 Å². The van der Waals surface area contributed by atoms with Crippen LogP contribution < -0.4 is 9.64 Å². The number of amides is 1. The Morgan fingerprint density at radius 3 is 2.23 bits per heavy atom. The third-order valence-electron chi connectivity index (χ3n) is 5.46. The van der Waals surface area contributed by atoms with Crippen LogP contribution in [0.2, 0.25) is 0 Å². The monoisotopic (exact) mass is 439 g/mol. The van der Waals surface area contributed by atoms with Gasteiger partial charge in [0.1, 0.15) is 11.3 Å². The minimum absolute atomic E-state index is 0.0221. The number of hydrogen-bond donors (Lipinski definition) is 0. The molecule has 164 valence electrons. The van der Waals surface area contributed by atoms with Gasteiger partial charge in [-0.2, -0.15) is 0 Å². The highest BCUT2D eigenvalue weighted by molar-refractivity contribution is 7.22. The normalized spacial score (nSPS) is 11.2. The topological polar surface area (TPSA) is 62.7 Å². The van der Waals surface area contributed by atoms with E-state index in [1.54, 1.807) is 36.3 Å². The number of aryl methyl sites for hydroxylation is 1. The predicted molar refractivity (Wildman–Crippen MR) is 127 cm³/mol. The van der Waals surface area contributed by atoms with Gasteiger partial charge in [-0.05, 0) is 50.7 Å². The number of likely N-dealkylation sites (N-methyl/N-ethyl adjacent to an activating group) is 1. The molecule has 0 N–H and O–H groups in total. The molecule has 1 heterocycles. The zero-order valence-corrected chi connectivity index (χ0v) is 19.6. The molecule has 0 saturated carbocycles. The Morgan fingerprint density at radius 1 is 1.00 bits per heavy atom. The number of aromatic nitrogens is 1. The largest absolute Gasteiger partial charge is 0.494 e. The van der Waals surface area contributed by atoms with E-state index in [1.165, 1.54) is 18.3 Å². The lowest BCUT2D eigenvalue weighted by atomic mass is 10.1. The zero-order valence-electron chi connectivity index (χ0n) is 18.8. The first kappa shape index (κ1) is 22.9. The van der Waals surface area contributed by atoms with Crippen LogP contribution in [0.3, 0.4) is 0 Å². The molecule has 0 bridgehead atoms. The minimum Gasteiger partial charge on any atom is -0.494 e. The maximum atomic E-state index is 13.5. The molecule has 0 aliphatic rings. The summed E-state index contributed by atoms with van der Waals surface area (Å²) in [5.41, 5.74) is 3.00. The number of anilines is 1. The quantitative estimate of drug-likeness (QED) is 0.448. The Balaban J connectivity index is 2.01. The van der Waals surface area contributed by atoms with Crippen LogP contribution in [0.1, 0.15) is 47.1 Å². The number of ketones is 1. The van der Waals surface area contributed by atoms with Crippen LogP contribution in [0.15, 0.2) is 36.4 Å². The Bertz CT molecular complexity index is 1070. The molecule has 0 spiro atoms. The van der Waals surface area contributed by atoms with Crippen molar-refractivity contribution in [3.8, 4) is 5.75 Å². The summed E-state index contributed by atoms with van der Waals surface area (Å²) in [6.45, 7) is 10.9. The highest BCUT2D eigenvalue weighted by Crippen LogP contribution is 2.36. The van der Waals surface area contributed by atoms with E-state index in [9.17, 15) is 9.59 Å². The van der Waals surface area contributed by atoms with Crippen molar-refractivity contribution in [3.05, 3.63) is 53.1 Å². The molecule has 3 rings (SSSR count). The van der Waals surface area contributed by atoms with Gasteiger partial charge in [0.2, 0.25) is 0 Å². The SMILES string of the molecule is CCN(CC)CCN(C(=O)c1ccc(C(C)=O)cc1)c1nc2c(OC)ccc(C)c2s1. The molecule has 7 heteroatoms. The molecule has 0 saturated heterocycles. The molecule has 1 amide bonds. The number of Topliss-reactive ketones (excluding diaryl/α,β-unsaturated/α-hetero) is 1. The summed E-state index contributed by atoms with van der Waals surface area (Å²) >= 11 is 1.50. The van der Waals surface area contributed by atoms with E-state index in [-0.39, 0.29) is 11.7 Å². The summed E-state index contributed by atoms with van der Waals surface area (Å²) in [5.74, 6) is 0.550. The van der Waals surface area contributed by atoms with Crippen LogP contribution in [0.25, 0.3) is 10.2 Å². The molecule has 0 aliphatic carbocycles. The highest BCUT2D eigenvalue weighted by Gasteiger charge is 2.23. The lowest BCUT2D eigenvalue weighted by Gasteiger charge is -2.24. The first-order valence-electron chi connectivity index (χ1n) is 10.5. The molecule has 0 fully saturated rings. The van der Waals surface area contributed by atoms with Gasteiger partial charge in [-0.1, -0.05) is 43.4 Å². The first-order chi connectivity index (χ1) is 14.9. The van der Waals surface area contributed by atoms with Crippen molar-refractivity contribution in [2.24, 2.45) is 0 Å². The van der Waals surface area contributed by atoms with E-state index in [1.807, 2.05) is 19.1 Å². The van der Waals surface area contributed by atoms with Crippen molar-refractivity contribution in [2.75, 3.05) is 38.2 Å². The van der Waals surface area contributed by atoms with Crippen LogP contribution in [-0.2, 0) is 0 Å². The molecule has 1 aromatic heterocycles. The number of thiazole rings is 1. The first-order valence-corrected chi connectivity index (χ1v) is 11.3. The number of fused-ring (bicyclic) bond motifs is 1. The van der Waals surface area contributed by atoms with Crippen LogP contribution in [-0.4, -0.2) is 54.9 Å². The molecular weight excluding hydrogens is 410 g/mol. The minimum atomic E-state index is -0.127. The fraction of sp³-hybridized carbons (Fsp3) is 0.375. The van der Waals surface area contributed by atoms with Gasteiger partial charge in [0.25, 0.3) is 5.91 Å². The van der Waals surface area contributed by atoms with E-state index in [2.05, 4.69) is 18.7 Å². The number of nitrogens with zero attached hydrogens (tertiary/aromatic N) is 3. The zero-order chi connectivity index (χ0) is 22.5. The number of rotatable bonds is 9. The van der Waals surface area contributed by atoms with Crippen molar-refractivity contribution in [1.29, 1.82) is 0 Å². The van der Waals surface area contributed by atoms with E-state index in [0.717, 1.165) is 35.4 Å². The van der Waals surface area contributed by atoms with Gasteiger partial charge in [0.15, 0.2) is 10.9 Å². The number of methoxy groups -OCH3 is 1. The molecule has 0 unspecified atom stereocenters. The number of hydrogen-bond acceptors (Lipinski definition) is 6. The van der Waals surface area contributed by atoms with E-state index in [0.29, 0.717) is 28.6 Å². The second kappa shape index (κ2) is 10.0.